The van der Waals surface area contributed by atoms with E-state index in [1.54, 1.807) is 0 Å². The molecule has 17 heavy (non-hydrogen) atoms. The molecule has 0 aliphatic rings. The quantitative estimate of drug-likeness (QED) is 0.513. The van der Waals surface area contributed by atoms with Crippen LogP contribution in [0.5, 0.6) is 0 Å². The SMILES string of the molecule is C=C(C)CCC(NCC)c1cc(I)ccc1Br. The van der Waals surface area contributed by atoms with Gasteiger partial charge in [0.1, 0.15) is 0 Å². The molecular weight excluding hydrogens is 389 g/mol. The second-order valence-corrected chi connectivity index (χ2v) is 6.37. The lowest BCUT2D eigenvalue weighted by molar-refractivity contribution is 0.513. The first kappa shape index (κ1) is 15.2. The maximum Gasteiger partial charge on any atom is 0.0334 e. The molecule has 0 aliphatic heterocycles. The second kappa shape index (κ2) is 7.54. The fourth-order valence-corrected chi connectivity index (χ4v) is 2.82. The third kappa shape index (κ3) is 5.10. The van der Waals surface area contributed by atoms with Crippen molar-refractivity contribution in [2.45, 2.75) is 32.7 Å². The van der Waals surface area contributed by atoms with Gasteiger partial charge in [-0.3, -0.25) is 0 Å². The number of hydrogen-bond donors (Lipinski definition) is 1. The minimum Gasteiger partial charge on any atom is -0.310 e. The van der Waals surface area contributed by atoms with Gasteiger partial charge in [-0.1, -0.05) is 28.4 Å². The van der Waals surface area contributed by atoms with E-state index < -0.39 is 0 Å². The van der Waals surface area contributed by atoms with Gasteiger partial charge in [0.25, 0.3) is 0 Å². The van der Waals surface area contributed by atoms with Gasteiger partial charge in [-0.25, -0.2) is 0 Å². The average molecular weight is 408 g/mol. The highest BCUT2D eigenvalue weighted by atomic mass is 127. The number of allylic oxidation sites excluding steroid dienone is 1. The number of nitrogens with one attached hydrogen (secondary N) is 1. The van der Waals surface area contributed by atoms with Crippen LogP contribution in [0.1, 0.15) is 38.3 Å². The fourth-order valence-electron chi connectivity index (χ4n) is 1.79. The summed E-state index contributed by atoms with van der Waals surface area (Å²) in [7, 11) is 0. The molecule has 3 heteroatoms. The van der Waals surface area contributed by atoms with Crippen molar-refractivity contribution >= 4 is 38.5 Å². The minimum atomic E-state index is 0.404. The number of hydrogen-bond acceptors (Lipinski definition) is 1. The van der Waals surface area contributed by atoms with Crippen molar-refractivity contribution in [2.75, 3.05) is 6.54 Å². The Hall–Kier alpha value is 0.130. The van der Waals surface area contributed by atoms with Crippen LogP contribution < -0.4 is 5.32 Å². The van der Waals surface area contributed by atoms with Crippen LogP contribution in [0.3, 0.4) is 0 Å². The lowest BCUT2D eigenvalue weighted by Gasteiger charge is -2.20. The highest BCUT2D eigenvalue weighted by Gasteiger charge is 2.13. The van der Waals surface area contributed by atoms with Crippen LogP contribution in [0.25, 0.3) is 0 Å². The predicted octanol–water partition coefficient (Wildman–Crippen LogP) is 5.06. The molecular formula is C14H19BrIN. The van der Waals surface area contributed by atoms with Crippen molar-refractivity contribution in [3.8, 4) is 0 Å². The molecule has 0 aromatic heterocycles. The molecule has 0 spiro atoms. The smallest absolute Gasteiger partial charge is 0.0334 e. The van der Waals surface area contributed by atoms with Crippen LogP contribution in [-0.4, -0.2) is 6.54 Å². The van der Waals surface area contributed by atoms with Gasteiger partial charge in [0.15, 0.2) is 0 Å². The molecule has 1 aromatic rings. The Kier molecular flexibility index (Phi) is 6.74. The van der Waals surface area contributed by atoms with E-state index in [0.717, 1.165) is 19.4 Å². The number of halogens is 2. The Bertz CT molecular complexity index is 390. The lowest BCUT2D eigenvalue weighted by atomic mass is 10.00. The molecule has 0 aliphatic carbocycles. The molecule has 1 N–H and O–H groups in total. The Morgan fingerprint density at radius 1 is 1.53 bits per heavy atom. The van der Waals surface area contributed by atoms with Crippen molar-refractivity contribution in [2.24, 2.45) is 0 Å². The third-order valence-corrected chi connectivity index (χ3v) is 4.04. The summed E-state index contributed by atoms with van der Waals surface area (Å²) in [4.78, 5) is 0. The summed E-state index contributed by atoms with van der Waals surface area (Å²) in [6.07, 6.45) is 2.16. The zero-order valence-corrected chi connectivity index (χ0v) is 14.1. The Labute approximate surface area is 126 Å². The maximum absolute atomic E-state index is 3.98. The van der Waals surface area contributed by atoms with Gasteiger partial charge in [-0.05, 0) is 72.7 Å². The van der Waals surface area contributed by atoms with Crippen molar-refractivity contribution in [3.05, 3.63) is 44.0 Å². The van der Waals surface area contributed by atoms with Gasteiger partial charge in [0.2, 0.25) is 0 Å². The molecule has 1 unspecified atom stereocenters. The predicted molar refractivity (Wildman–Crippen MR) is 87.3 cm³/mol. The summed E-state index contributed by atoms with van der Waals surface area (Å²) in [5, 5.41) is 3.55. The van der Waals surface area contributed by atoms with E-state index in [1.165, 1.54) is 19.2 Å². The van der Waals surface area contributed by atoms with Gasteiger partial charge in [-0.2, -0.15) is 0 Å². The van der Waals surface area contributed by atoms with Crippen LogP contribution >= 0.6 is 38.5 Å². The van der Waals surface area contributed by atoms with E-state index in [1.807, 2.05) is 0 Å². The van der Waals surface area contributed by atoms with Gasteiger partial charge < -0.3 is 5.32 Å². The molecule has 1 rings (SSSR count). The summed E-state index contributed by atoms with van der Waals surface area (Å²) in [6, 6.07) is 6.90. The molecule has 1 aromatic carbocycles. The maximum atomic E-state index is 3.98. The van der Waals surface area contributed by atoms with Gasteiger partial charge in [0, 0.05) is 14.1 Å². The Morgan fingerprint density at radius 2 is 2.24 bits per heavy atom. The molecule has 0 saturated heterocycles. The highest BCUT2D eigenvalue weighted by molar-refractivity contribution is 14.1. The standard InChI is InChI=1S/C14H19BrIN/c1-4-17-14(8-5-10(2)3)12-9-11(16)6-7-13(12)15/h6-7,9,14,17H,2,4-5,8H2,1,3H3. The zero-order chi connectivity index (χ0) is 12.8. The van der Waals surface area contributed by atoms with E-state index in [-0.39, 0.29) is 0 Å². The van der Waals surface area contributed by atoms with Crippen LogP contribution in [0.2, 0.25) is 0 Å². The van der Waals surface area contributed by atoms with Crippen LogP contribution in [0.4, 0.5) is 0 Å². The lowest BCUT2D eigenvalue weighted by Crippen LogP contribution is -2.21. The first-order chi connectivity index (χ1) is 8.04. The van der Waals surface area contributed by atoms with Crippen molar-refractivity contribution in [1.82, 2.24) is 5.32 Å². The third-order valence-electron chi connectivity index (χ3n) is 2.64. The highest BCUT2D eigenvalue weighted by Crippen LogP contribution is 2.29. The Morgan fingerprint density at radius 3 is 2.82 bits per heavy atom. The van der Waals surface area contributed by atoms with Crippen molar-refractivity contribution < 1.29 is 0 Å². The summed E-state index contributed by atoms with van der Waals surface area (Å²) in [5.41, 5.74) is 2.59. The first-order valence-electron chi connectivity index (χ1n) is 5.87. The molecule has 0 saturated carbocycles. The molecule has 0 fully saturated rings. The van der Waals surface area contributed by atoms with E-state index in [9.17, 15) is 0 Å². The molecule has 0 heterocycles. The number of rotatable bonds is 6. The van der Waals surface area contributed by atoms with E-state index in [2.05, 4.69) is 82.5 Å². The number of benzene rings is 1. The second-order valence-electron chi connectivity index (χ2n) is 4.27. The normalized spacial score (nSPS) is 12.5. The summed E-state index contributed by atoms with van der Waals surface area (Å²) in [5.74, 6) is 0. The van der Waals surface area contributed by atoms with E-state index >= 15 is 0 Å². The zero-order valence-electron chi connectivity index (χ0n) is 10.4. The van der Waals surface area contributed by atoms with E-state index in [4.69, 9.17) is 0 Å². The van der Waals surface area contributed by atoms with Crippen LogP contribution in [-0.2, 0) is 0 Å². The molecule has 0 bridgehead atoms. The molecule has 0 amide bonds. The van der Waals surface area contributed by atoms with E-state index in [0.29, 0.717) is 6.04 Å². The summed E-state index contributed by atoms with van der Waals surface area (Å²) in [6.45, 7) is 9.20. The van der Waals surface area contributed by atoms with Crippen LogP contribution in [0, 0.1) is 3.57 Å². The molecule has 1 atom stereocenters. The van der Waals surface area contributed by atoms with Gasteiger partial charge in [0.05, 0.1) is 0 Å². The molecule has 0 radical (unpaired) electrons. The topological polar surface area (TPSA) is 12.0 Å². The fraction of sp³-hybridized carbons (Fsp3) is 0.429. The first-order valence-corrected chi connectivity index (χ1v) is 7.74. The average Bonchev–Trinajstić information content (AvgIpc) is 2.27. The van der Waals surface area contributed by atoms with Gasteiger partial charge >= 0.3 is 0 Å². The summed E-state index contributed by atoms with van der Waals surface area (Å²) < 4.78 is 2.46. The van der Waals surface area contributed by atoms with Crippen LogP contribution in [0.15, 0.2) is 34.8 Å². The monoisotopic (exact) mass is 407 g/mol. The Balaban J connectivity index is 2.87. The van der Waals surface area contributed by atoms with Crippen molar-refractivity contribution in [1.29, 1.82) is 0 Å². The minimum absolute atomic E-state index is 0.404. The largest absolute Gasteiger partial charge is 0.310 e. The molecule has 1 nitrogen and oxygen atoms in total. The van der Waals surface area contributed by atoms with Crippen molar-refractivity contribution in [3.63, 3.8) is 0 Å². The van der Waals surface area contributed by atoms with Gasteiger partial charge in [-0.15, -0.1) is 6.58 Å². The summed E-state index contributed by atoms with van der Waals surface area (Å²) >= 11 is 6.00. The molecule has 94 valence electrons.